The molecule has 2 heterocycles. The minimum absolute atomic E-state index is 0.0234. The maximum absolute atomic E-state index is 13.3. The number of hydrogen-bond donors (Lipinski definition) is 2. The Bertz CT molecular complexity index is 1160. The molecule has 0 bridgehead atoms. The van der Waals surface area contributed by atoms with Gasteiger partial charge >= 0.3 is 0 Å². The highest BCUT2D eigenvalue weighted by Crippen LogP contribution is 2.33. The molecular formula is C25H25FN4O2S. The van der Waals surface area contributed by atoms with Crippen LogP contribution in [0.2, 0.25) is 0 Å². The van der Waals surface area contributed by atoms with Crippen LogP contribution in [0.5, 0.6) is 0 Å². The van der Waals surface area contributed by atoms with Crippen molar-refractivity contribution in [2.45, 2.75) is 43.7 Å². The third-order valence-corrected chi connectivity index (χ3v) is 6.29. The monoisotopic (exact) mass is 464 g/mol. The van der Waals surface area contributed by atoms with Crippen molar-refractivity contribution >= 4 is 35.1 Å². The number of amides is 2. The highest BCUT2D eigenvalue weighted by molar-refractivity contribution is 7.97. The fourth-order valence-corrected chi connectivity index (χ4v) is 4.21. The van der Waals surface area contributed by atoms with Crippen molar-refractivity contribution in [2.24, 2.45) is 0 Å². The van der Waals surface area contributed by atoms with E-state index < -0.39 is 11.9 Å². The number of anilines is 2. The summed E-state index contributed by atoms with van der Waals surface area (Å²) >= 11 is 1.53. The second-order valence-electron chi connectivity index (χ2n) is 8.87. The van der Waals surface area contributed by atoms with E-state index in [4.69, 9.17) is 0 Å². The van der Waals surface area contributed by atoms with Gasteiger partial charge in [-0.05, 0) is 92.9 Å². The van der Waals surface area contributed by atoms with Crippen LogP contribution in [0.4, 0.5) is 15.8 Å². The van der Waals surface area contributed by atoms with Crippen LogP contribution in [0.15, 0.2) is 71.9 Å². The topological polar surface area (TPSA) is 74.3 Å². The molecule has 2 amide bonds. The Balaban J connectivity index is 1.52. The quantitative estimate of drug-likeness (QED) is 0.530. The molecule has 2 aromatic carbocycles. The van der Waals surface area contributed by atoms with Gasteiger partial charge in [0.05, 0.1) is 5.69 Å². The Morgan fingerprint density at radius 3 is 2.42 bits per heavy atom. The van der Waals surface area contributed by atoms with Gasteiger partial charge in [-0.3, -0.25) is 24.2 Å². The molecule has 1 atom stereocenters. The molecule has 8 heteroatoms. The molecule has 0 spiro atoms. The first-order valence-corrected chi connectivity index (χ1v) is 11.4. The fourth-order valence-electron chi connectivity index (χ4n) is 3.52. The van der Waals surface area contributed by atoms with E-state index in [1.165, 1.54) is 41.1 Å². The largest absolute Gasteiger partial charge is 0.324 e. The number of halogens is 1. The molecule has 33 heavy (non-hydrogen) atoms. The standard InChI is InChI=1S/C25H25FN4O2S/c1-25(2,3)29-33-20-10-8-19(9-11-20)28-23(31)22-14-17-15-27-13-12-21(17)30(22)24(32)16-4-6-18(26)7-5-16/h4-13,15,22,29H,14H2,1-3H3,(H,28,31). The van der Waals surface area contributed by atoms with Crippen LogP contribution in [-0.2, 0) is 11.2 Å². The SMILES string of the molecule is CC(C)(C)NSc1ccc(NC(=O)C2Cc3cnccc3N2C(=O)c2ccc(F)cc2)cc1. The number of aromatic nitrogens is 1. The lowest BCUT2D eigenvalue weighted by molar-refractivity contribution is -0.117. The number of nitrogens with one attached hydrogen (secondary N) is 2. The van der Waals surface area contributed by atoms with Crippen molar-refractivity contribution in [1.29, 1.82) is 0 Å². The van der Waals surface area contributed by atoms with Gasteiger partial charge in [-0.15, -0.1) is 0 Å². The second-order valence-corrected chi connectivity index (χ2v) is 9.75. The van der Waals surface area contributed by atoms with Gasteiger partial charge in [0.2, 0.25) is 5.91 Å². The highest BCUT2D eigenvalue weighted by atomic mass is 32.2. The van der Waals surface area contributed by atoms with Crippen molar-refractivity contribution in [3.05, 3.63) is 83.9 Å². The molecule has 1 aliphatic heterocycles. The van der Waals surface area contributed by atoms with Crippen LogP contribution in [0.25, 0.3) is 0 Å². The lowest BCUT2D eigenvalue weighted by Gasteiger charge is -2.25. The van der Waals surface area contributed by atoms with Gasteiger partial charge in [0.15, 0.2) is 0 Å². The minimum atomic E-state index is -0.738. The molecule has 4 rings (SSSR count). The smallest absolute Gasteiger partial charge is 0.259 e. The number of benzene rings is 2. The zero-order valence-electron chi connectivity index (χ0n) is 18.6. The van der Waals surface area contributed by atoms with E-state index in [9.17, 15) is 14.0 Å². The van der Waals surface area contributed by atoms with Crippen molar-refractivity contribution in [3.8, 4) is 0 Å². The highest BCUT2D eigenvalue weighted by Gasteiger charge is 2.39. The predicted octanol–water partition coefficient (Wildman–Crippen LogP) is 4.83. The van der Waals surface area contributed by atoms with Crippen LogP contribution in [0.1, 0.15) is 36.7 Å². The Labute approximate surface area is 196 Å². The number of carbonyl (C=O) groups excluding carboxylic acids is 2. The molecule has 0 radical (unpaired) electrons. The van der Waals surface area contributed by atoms with E-state index in [1.807, 2.05) is 24.3 Å². The first-order chi connectivity index (χ1) is 15.7. The zero-order valence-corrected chi connectivity index (χ0v) is 19.4. The molecule has 0 fully saturated rings. The number of nitrogens with zero attached hydrogens (tertiary/aromatic N) is 2. The van der Waals surface area contributed by atoms with Gasteiger partial charge in [-0.1, -0.05) is 0 Å². The lowest BCUT2D eigenvalue weighted by Crippen LogP contribution is -2.45. The normalized spacial score (nSPS) is 15.3. The van der Waals surface area contributed by atoms with Crippen LogP contribution in [0, 0.1) is 5.82 Å². The third kappa shape index (κ3) is 5.40. The maximum Gasteiger partial charge on any atom is 0.259 e. The van der Waals surface area contributed by atoms with Crippen LogP contribution >= 0.6 is 11.9 Å². The van der Waals surface area contributed by atoms with Gasteiger partial charge in [0.25, 0.3) is 5.91 Å². The minimum Gasteiger partial charge on any atom is -0.324 e. The number of fused-ring (bicyclic) bond motifs is 1. The first-order valence-electron chi connectivity index (χ1n) is 10.6. The van der Waals surface area contributed by atoms with E-state index in [0.29, 0.717) is 23.4 Å². The molecule has 2 N–H and O–H groups in total. The molecule has 1 unspecified atom stereocenters. The summed E-state index contributed by atoms with van der Waals surface area (Å²) in [6.45, 7) is 6.26. The van der Waals surface area contributed by atoms with Crippen LogP contribution < -0.4 is 14.9 Å². The lowest BCUT2D eigenvalue weighted by atomic mass is 10.1. The van der Waals surface area contributed by atoms with E-state index in [-0.39, 0.29) is 17.4 Å². The van der Waals surface area contributed by atoms with Crippen LogP contribution in [-0.4, -0.2) is 28.4 Å². The van der Waals surface area contributed by atoms with Gasteiger partial charge in [-0.2, -0.15) is 0 Å². The Morgan fingerprint density at radius 1 is 1.06 bits per heavy atom. The Hall–Kier alpha value is -3.23. The van der Waals surface area contributed by atoms with Crippen molar-refractivity contribution in [2.75, 3.05) is 10.2 Å². The molecule has 0 saturated heterocycles. The zero-order chi connectivity index (χ0) is 23.6. The van der Waals surface area contributed by atoms with E-state index in [2.05, 4.69) is 35.8 Å². The number of carbonyl (C=O) groups is 2. The fraction of sp³-hybridized carbons (Fsp3) is 0.240. The molecule has 1 aliphatic rings. The summed E-state index contributed by atoms with van der Waals surface area (Å²) in [6, 6.07) is 13.8. The van der Waals surface area contributed by atoms with Gasteiger partial charge in [-0.25, -0.2) is 4.39 Å². The van der Waals surface area contributed by atoms with Gasteiger partial charge < -0.3 is 5.32 Å². The van der Waals surface area contributed by atoms with Gasteiger partial charge in [0.1, 0.15) is 11.9 Å². The number of rotatable bonds is 5. The summed E-state index contributed by atoms with van der Waals surface area (Å²) in [6.07, 6.45) is 3.61. The molecule has 0 saturated carbocycles. The molecule has 6 nitrogen and oxygen atoms in total. The van der Waals surface area contributed by atoms with Gasteiger partial charge in [0, 0.05) is 40.5 Å². The van der Waals surface area contributed by atoms with Crippen molar-refractivity contribution < 1.29 is 14.0 Å². The van der Waals surface area contributed by atoms with E-state index >= 15 is 0 Å². The first kappa shape index (κ1) is 22.9. The van der Waals surface area contributed by atoms with E-state index in [1.54, 1.807) is 18.5 Å². The van der Waals surface area contributed by atoms with Crippen LogP contribution in [0.3, 0.4) is 0 Å². The second kappa shape index (κ2) is 9.33. The molecule has 3 aromatic rings. The summed E-state index contributed by atoms with van der Waals surface area (Å²) in [4.78, 5) is 33.1. The summed E-state index contributed by atoms with van der Waals surface area (Å²) in [5.41, 5.74) is 2.38. The third-order valence-electron chi connectivity index (χ3n) is 5.07. The number of hydrogen-bond acceptors (Lipinski definition) is 5. The molecule has 170 valence electrons. The Morgan fingerprint density at radius 2 is 1.76 bits per heavy atom. The summed E-state index contributed by atoms with van der Waals surface area (Å²) in [5, 5.41) is 2.92. The predicted molar refractivity (Wildman–Crippen MR) is 129 cm³/mol. The summed E-state index contributed by atoms with van der Waals surface area (Å²) in [7, 11) is 0. The summed E-state index contributed by atoms with van der Waals surface area (Å²) in [5.74, 6) is -1.08. The van der Waals surface area contributed by atoms with E-state index in [0.717, 1.165) is 10.5 Å². The molecule has 1 aromatic heterocycles. The average Bonchev–Trinajstić information content (AvgIpc) is 3.18. The average molecular weight is 465 g/mol. The maximum atomic E-state index is 13.3. The Kier molecular flexibility index (Phi) is 6.49. The molecule has 0 aliphatic carbocycles. The van der Waals surface area contributed by atoms with Crippen molar-refractivity contribution in [3.63, 3.8) is 0 Å². The number of pyridine rings is 1. The van der Waals surface area contributed by atoms with Crippen molar-refractivity contribution in [1.82, 2.24) is 9.71 Å². The summed E-state index contributed by atoms with van der Waals surface area (Å²) < 4.78 is 16.7. The molecular weight excluding hydrogens is 439 g/mol.